The van der Waals surface area contributed by atoms with E-state index in [9.17, 15) is 9.90 Å². The lowest BCUT2D eigenvalue weighted by atomic mass is 10.1. The Morgan fingerprint density at radius 1 is 1.05 bits per heavy atom. The zero-order chi connectivity index (χ0) is 13.7. The Morgan fingerprint density at radius 3 is 2.32 bits per heavy atom. The summed E-state index contributed by atoms with van der Waals surface area (Å²) >= 11 is 5.75. The molecular weight excluding hydrogens is 260 g/mol. The Bertz CT molecular complexity index is 573. The first kappa shape index (κ1) is 13.5. The van der Waals surface area contributed by atoms with E-state index in [1.54, 1.807) is 24.3 Å². The predicted octanol–water partition coefficient (Wildman–Crippen LogP) is 3.81. The van der Waals surface area contributed by atoms with Crippen molar-refractivity contribution in [3.63, 3.8) is 0 Å². The molecule has 0 unspecified atom stereocenters. The second-order valence-corrected chi connectivity index (χ2v) is 4.52. The average molecular weight is 273 g/mol. The topological polar surface area (TPSA) is 37.3 Å². The van der Waals surface area contributed by atoms with Gasteiger partial charge in [0.05, 0.1) is 6.10 Å². The standard InChI is InChI=1S/C16H13ClO2/c17-14-8-6-13(7-9-14)16(19)11-10-15(18)12-4-2-1-3-5-12/h1-11,15,18H/b11-10+/t15-/m0/s1. The molecule has 2 aromatic carbocycles. The van der Waals surface area contributed by atoms with Crippen LogP contribution in [0.3, 0.4) is 0 Å². The van der Waals surface area contributed by atoms with Crippen LogP contribution in [0.2, 0.25) is 5.02 Å². The maximum atomic E-state index is 11.9. The van der Waals surface area contributed by atoms with Gasteiger partial charge in [-0.05, 0) is 42.0 Å². The maximum Gasteiger partial charge on any atom is 0.185 e. The molecule has 0 heterocycles. The van der Waals surface area contributed by atoms with Crippen molar-refractivity contribution in [3.05, 3.63) is 82.9 Å². The molecule has 3 heteroatoms. The molecule has 0 aromatic heterocycles. The third kappa shape index (κ3) is 3.78. The summed E-state index contributed by atoms with van der Waals surface area (Å²) in [6.07, 6.45) is 2.07. The van der Waals surface area contributed by atoms with Crippen LogP contribution in [0, 0.1) is 0 Å². The third-order valence-electron chi connectivity index (χ3n) is 2.70. The van der Waals surface area contributed by atoms with Gasteiger partial charge < -0.3 is 5.11 Å². The fourth-order valence-electron chi connectivity index (χ4n) is 1.65. The Kier molecular flexibility index (Phi) is 4.50. The quantitative estimate of drug-likeness (QED) is 0.679. The minimum absolute atomic E-state index is 0.161. The summed E-state index contributed by atoms with van der Waals surface area (Å²) < 4.78 is 0. The highest BCUT2D eigenvalue weighted by Crippen LogP contribution is 2.14. The smallest absolute Gasteiger partial charge is 0.185 e. The summed E-state index contributed by atoms with van der Waals surface area (Å²) in [5.74, 6) is -0.161. The molecule has 1 N–H and O–H groups in total. The van der Waals surface area contributed by atoms with Crippen LogP contribution in [0.5, 0.6) is 0 Å². The molecule has 0 saturated carbocycles. The Hall–Kier alpha value is -1.90. The van der Waals surface area contributed by atoms with Gasteiger partial charge in [-0.1, -0.05) is 41.9 Å². The molecule has 0 amide bonds. The molecule has 0 fully saturated rings. The molecule has 1 atom stereocenters. The van der Waals surface area contributed by atoms with E-state index in [2.05, 4.69) is 0 Å². The number of hydrogen-bond acceptors (Lipinski definition) is 2. The number of allylic oxidation sites excluding steroid dienone is 1. The number of rotatable bonds is 4. The van der Waals surface area contributed by atoms with Crippen LogP contribution in [-0.2, 0) is 0 Å². The van der Waals surface area contributed by atoms with Crippen LogP contribution in [0.4, 0.5) is 0 Å². The van der Waals surface area contributed by atoms with Gasteiger partial charge in [-0.15, -0.1) is 0 Å². The van der Waals surface area contributed by atoms with Crippen molar-refractivity contribution in [1.82, 2.24) is 0 Å². The molecule has 2 rings (SSSR count). The van der Waals surface area contributed by atoms with Gasteiger partial charge >= 0.3 is 0 Å². The zero-order valence-electron chi connectivity index (χ0n) is 10.2. The number of aliphatic hydroxyl groups is 1. The van der Waals surface area contributed by atoms with Gasteiger partial charge in [-0.3, -0.25) is 4.79 Å². The van der Waals surface area contributed by atoms with Gasteiger partial charge in [0.15, 0.2) is 5.78 Å². The predicted molar refractivity (Wildman–Crippen MR) is 76.3 cm³/mol. The van der Waals surface area contributed by atoms with Crippen molar-refractivity contribution < 1.29 is 9.90 Å². The van der Waals surface area contributed by atoms with E-state index < -0.39 is 6.10 Å². The molecule has 0 radical (unpaired) electrons. The summed E-state index contributed by atoms with van der Waals surface area (Å²) in [4.78, 5) is 11.9. The van der Waals surface area contributed by atoms with Gasteiger partial charge in [0.1, 0.15) is 0 Å². The number of halogens is 1. The lowest BCUT2D eigenvalue weighted by molar-refractivity contribution is 0.104. The van der Waals surface area contributed by atoms with Crippen LogP contribution in [0.15, 0.2) is 66.7 Å². The number of aliphatic hydroxyl groups excluding tert-OH is 1. The number of ketones is 1. The monoisotopic (exact) mass is 272 g/mol. The van der Waals surface area contributed by atoms with Crippen LogP contribution in [-0.4, -0.2) is 10.9 Å². The van der Waals surface area contributed by atoms with E-state index in [0.29, 0.717) is 10.6 Å². The van der Waals surface area contributed by atoms with Crippen molar-refractivity contribution in [2.75, 3.05) is 0 Å². The van der Waals surface area contributed by atoms with E-state index in [4.69, 9.17) is 11.6 Å². The average Bonchev–Trinajstić information content (AvgIpc) is 2.46. The van der Waals surface area contributed by atoms with Crippen molar-refractivity contribution >= 4 is 17.4 Å². The summed E-state index contributed by atoms with van der Waals surface area (Å²) in [6, 6.07) is 15.8. The lowest BCUT2D eigenvalue weighted by Gasteiger charge is -2.04. The molecule has 0 aliphatic rings. The normalized spacial score (nSPS) is 12.5. The van der Waals surface area contributed by atoms with Crippen LogP contribution >= 0.6 is 11.6 Å². The SMILES string of the molecule is O=C(/C=C/[C@H](O)c1ccccc1)c1ccc(Cl)cc1. The first-order chi connectivity index (χ1) is 9.16. The van der Waals surface area contributed by atoms with Crippen molar-refractivity contribution in [3.8, 4) is 0 Å². The van der Waals surface area contributed by atoms with E-state index in [-0.39, 0.29) is 5.78 Å². The van der Waals surface area contributed by atoms with E-state index >= 15 is 0 Å². The lowest BCUT2D eigenvalue weighted by Crippen LogP contribution is -1.97. The van der Waals surface area contributed by atoms with Crippen molar-refractivity contribution in [2.24, 2.45) is 0 Å². The van der Waals surface area contributed by atoms with E-state index in [1.165, 1.54) is 12.2 Å². The van der Waals surface area contributed by atoms with Gasteiger partial charge in [-0.25, -0.2) is 0 Å². The molecular formula is C16H13ClO2. The molecule has 0 aliphatic carbocycles. The van der Waals surface area contributed by atoms with Gasteiger partial charge in [0.25, 0.3) is 0 Å². The first-order valence-electron chi connectivity index (χ1n) is 5.88. The van der Waals surface area contributed by atoms with Crippen LogP contribution < -0.4 is 0 Å². The van der Waals surface area contributed by atoms with Crippen molar-refractivity contribution in [1.29, 1.82) is 0 Å². The van der Waals surface area contributed by atoms with E-state index in [0.717, 1.165) is 5.56 Å². The van der Waals surface area contributed by atoms with E-state index in [1.807, 2.05) is 30.3 Å². The highest BCUT2D eigenvalue weighted by atomic mass is 35.5. The fourth-order valence-corrected chi connectivity index (χ4v) is 1.78. The third-order valence-corrected chi connectivity index (χ3v) is 2.95. The molecule has 0 aliphatic heterocycles. The maximum absolute atomic E-state index is 11.9. The van der Waals surface area contributed by atoms with Crippen molar-refractivity contribution in [2.45, 2.75) is 6.10 Å². The first-order valence-corrected chi connectivity index (χ1v) is 6.26. The molecule has 2 nitrogen and oxygen atoms in total. The molecule has 96 valence electrons. The van der Waals surface area contributed by atoms with Crippen LogP contribution in [0.25, 0.3) is 0 Å². The minimum atomic E-state index is -0.780. The summed E-state index contributed by atoms with van der Waals surface area (Å²) in [5, 5.41) is 10.5. The minimum Gasteiger partial charge on any atom is -0.384 e. The summed E-state index contributed by atoms with van der Waals surface area (Å²) in [7, 11) is 0. The van der Waals surface area contributed by atoms with Crippen LogP contribution in [0.1, 0.15) is 22.0 Å². The number of carbonyl (C=O) groups is 1. The largest absolute Gasteiger partial charge is 0.384 e. The molecule has 19 heavy (non-hydrogen) atoms. The molecule has 2 aromatic rings. The Labute approximate surface area is 117 Å². The molecule has 0 saturated heterocycles. The Balaban J connectivity index is 2.06. The van der Waals surface area contributed by atoms with Gasteiger partial charge in [-0.2, -0.15) is 0 Å². The Morgan fingerprint density at radius 2 is 1.68 bits per heavy atom. The number of carbonyl (C=O) groups excluding carboxylic acids is 1. The highest BCUT2D eigenvalue weighted by Gasteiger charge is 2.05. The fraction of sp³-hybridized carbons (Fsp3) is 0.0625. The molecule has 0 bridgehead atoms. The summed E-state index contributed by atoms with van der Waals surface area (Å²) in [5.41, 5.74) is 1.29. The number of hydrogen-bond donors (Lipinski definition) is 1. The van der Waals surface area contributed by atoms with Gasteiger partial charge in [0, 0.05) is 10.6 Å². The molecule has 0 spiro atoms. The number of benzene rings is 2. The highest BCUT2D eigenvalue weighted by molar-refractivity contribution is 6.30. The second-order valence-electron chi connectivity index (χ2n) is 4.09. The van der Waals surface area contributed by atoms with Gasteiger partial charge in [0.2, 0.25) is 0 Å². The second kappa shape index (κ2) is 6.32. The zero-order valence-corrected chi connectivity index (χ0v) is 10.9. The summed E-state index contributed by atoms with van der Waals surface area (Å²) in [6.45, 7) is 0.